The highest BCUT2D eigenvalue weighted by molar-refractivity contribution is 7.26. The Hall–Kier alpha value is -17.5. The average Bonchev–Trinajstić information content (AvgIpc) is 1.57. The minimum absolute atomic E-state index is 0.596. The summed E-state index contributed by atoms with van der Waals surface area (Å²) in [7, 11) is 0. The molecule has 26 aromatic rings. The standard InChI is InChI=1S/2C63H40N4S/c1-4-16-41(17-5-1)44-30-32-45(33-31-44)61-64-62(48-23-14-22-46(36-48)42-18-6-2-7-19-42)66-63(65-61)50-37-49(43-20-8-3-9-21-43)38-51(39-50)67-57-28-12-10-24-53(57)54-35-34-47(40-58(54)67)52-26-15-27-56-55-25-11-13-29-59(55)68-60(52)56;1-4-15-41(16-5-1)43-27-31-46(32-28-43)61-64-62(47-33-29-44(30-34-47)42-17-6-2-7-18-42)66-63(65-61)55-38-36-49(40-56(55)45-19-8-3-9-20-45)67-57-25-12-10-21-51(57)52-37-35-48(39-58(52)67)50-23-14-24-54-53-22-11-13-26-59(53)68-60(50)54/h2*1-40H. The lowest BCUT2D eigenvalue weighted by Gasteiger charge is -2.16. The van der Waals surface area contributed by atoms with Crippen LogP contribution in [0.15, 0.2) is 485 Å². The molecule has 0 radical (unpaired) electrons. The van der Waals surface area contributed by atoms with Crippen LogP contribution in [0.4, 0.5) is 0 Å². The van der Waals surface area contributed by atoms with E-state index in [1.54, 1.807) is 0 Å². The highest BCUT2D eigenvalue weighted by atomic mass is 32.1. The maximum atomic E-state index is 5.35. The Bertz CT molecular complexity index is 8950. The molecule has 0 atom stereocenters. The Morgan fingerprint density at radius 3 is 0.897 bits per heavy atom. The molecule has 8 nitrogen and oxygen atoms in total. The van der Waals surface area contributed by atoms with E-state index in [2.05, 4.69) is 470 Å². The van der Waals surface area contributed by atoms with Crippen molar-refractivity contribution in [2.45, 2.75) is 0 Å². The molecule has 6 heterocycles. The van der Waals surface area contributed by atoms with Crippen LogP contribution in [0, 0.1) is 0 Å². The van der Waals surface area contributed by atoms with Crippen LogP contribution in [0.1, 0.15) is 0 Å². The van der Waals surface area contributed by atoms with Crippen molar-refractivity contribution in [1.29, 1.82) is 0 Å². The highest BCUT2D eigenvalue weighted by Crippen LogP contribution is 2.47. The molecule has 26 rings (SSSR count). The zero-order chi connectivity index (χ0) is 89.9. The summed E-state index contributed by atoms with van der Waals surface area (Å²) in [6.07, 6.45) is 0. The van der Waals surface area contributed by atoms with Crippen LogP contribution in [0.5, 0.6) is 0 Å². The Morgan fingerprint density at radius 1 is 0.140 bits per heavy atom. The van der Waals surface area contributed by atoms with Crippen molar-refractivity contribution in [1.82, 2.24) is 39.0 Å². The number of rotatable bonds is 16. The zero-order valence-electron chi connectivity index (χ0n) is 73.6. The molecule has 0 N–H and O–H groups in total. The third-order valence-corrected chi connectivity index (χ3v) is 28.6. The maximum absolute atomic E-state index is 5.35. The Balaban J connectivity index is 0.000000145. The van der Waals surface area contributed by atoms with Crippen LogP contribution in [0.3, 0.4) is 0 Å². The summed E-state index contributed by atoms with van der Waals surface area (Å²) in [5.41, 5.74) is 30.4. The number of nitrogens with zero attached hydrogens (tertiary/aromatic N) is 8. The summed E-state index contributed by atoms with van der Waals surface area (Å²) in [6.45, 7) is 0. The summed E-state index contributed by atoms with van der Waals surface area (Å²) in [6, 6.07) is 173. The van der Waals surface area contributed by atoms with E-state index < -0.39 is 0 Å². The molecule has 0 fully saturated rings. The SMILES string of the molecule is c1ccc(-c2ccc(-c3nc(-c4ccc(-c5ccccc5)cc4)nc(-c4ccc(-n5c6ccccc6c6ccc(-c7cccc8c7sc7ccccc78)cc65)cc4-c4ccccc4)n3)cc2)cc1.c1ccc(-c2ccc(-c3nc(-c4cccc(-c5ccccc5)c4)nc(-c4cc(-c5ccccc5)cc(-n5c6ccccc6c6ccc(-c7cccc8c7sc7ccccc78)cc65)c4)n3)cc2)cc1. The van der Waals surface area contributed by atoms with Crippen LogP contribution in [0.2, 0.25) is 0 Å². The molecular weight excluding hydrogens is 1690 g/mol. The molecular formula is C126H80N8S2. The van der Waals surface area contributed by atoms with E-state index in [9.17, 15) is 0 Å². The molecule has 0 amide bonds. The molecule has 0 aliphatic heterocycles. The topological polar surface area (TPSA) is 87.2 Å². The van der Waals surface area contributed by atoms with Gasteiger partial charge in [0.2, 0.25) is 0 Å². The third-order valence-electron chi connectivity index (χ3n) is 26.2. The summed E-state index contributed by atoms with van der Waals surface area (Å²) in [5.74, 6) is 3.65. The summed E-state index contributed by atoms with van der Waals surface area (Å²) in [4.78, 5) is 31.7. The van der Waals surface area contributed by atoms with Crippen molar-refractivity contribution >= 4 is 107 Å². The Labute approximate surface area is 793 Å². The van der Waals surface area contributed by atoms with E-state index in [0.29, 0.717) is 34.9 Å². The first-order valence-corrected chi connectivity index (χ1v) is 47.5. The molecule has 0 saturated carbocycles. The second-order valence-electron chi connectivity index (χ2n) is 34.3. The Morgan fingerprint density at radius 2 is 0.441 bits per heavy atom. The molecule has 0 aliphatic rings. The maximum Gasteiger partial charge on any atom is 0.164 e. The molecule has 0 spiro atoms. The van der Waals surface area contributed by atoms with E-state index in [1.807, 2.05) is 46.9 Å². The van der Waals surface area contributed by atoms with Gasteiger partial charge in [0.15, 0.2) is 34.9 Å². The number of benzene rings is 20. The van der Waals surface area contributed by atoms with E-state index in [-0.39, 0.29) is 0 Å². The van der Waals surface area contributed by atoms with Crippen LogP contribution >= 0.6 is 22.7 Å². The van der Waals surface area contributed by atoms with Crippen LogP contribution < -0.4 is 0 Å². The van der Waals surface area contributed by atoms with Gasteiger partial charge in [-0.3, -0.25) is 0 Å². The molecule has 6 aromatic heterocycles. The van der Waals surface area contributed by atoms with Crippen LogP contribution in [0.25, 0.3) is 253 Å². The number of aromatic nitrogens is 8. The lowest BCUT2D eigenvalue weighted by Crippen LogP contribution is -2.02. The van der Waals surface area contributed by atoms with Crippen molar-refractivity contribution in [3.05, 3.63) is 485 Å². The van der Waals surface area contributed by atoms with Crippen molar-refractivity contribution in [3.8, 4) is 169 Å². The van der Waals surface area contributed by atoms with Gasteiger partial charge in [0.1, 0.15) is 0 Å². The van der Waals surface area contributed by atoms with Gasteiger partial charge >= 0.3 is 0 Å². The van der Waals surface area contributed by atoms with Gasteiger partial charge < -0.3 is 9.13 Å². The Kier molecular flexibility index (Phi) is 20.5. The fourth-order valence-corrected chi connectivity index (χ4v) is 22.0. The van der Waals surface area contributed by atoms with Gasteiger partial charge in [0.05, 0.1) is 22.1 Å². The fraction of sp³-hybridized carbons (Fsp3) is 0. The highest BCUT2D eigenvalue weighted by Gasteiger charge is 2.25. The molecule has 10 heteroatoms. The number of fused-ring (bicyclic) bond motifs is 12. The average molecular weight is 1770 g/mol. The van der Waals surface area contributed by atoms with Gasteiger partial charge in [-0.05, 0) is 168 Å². The lowest BCUT2D eigenvalue weighted by atomic mass is 9.97. The van der Waals surface area contributed by atoms with E-state index in [4.69, 9.17) is 29.9 Å². The fourth-order valence-electron chi connectivity index (χ4n) is 19.5. The summed E-state index contributed by atoms with van der Waals surface area (Å²) >= 11 is 3.73. The molecule has 20 aromatic carbocycles. The second-order valence-corrected chi connectivity index (χ2v) is 36.5. The van der Waals surface area contributed by atoms with E-state index in [1.165, 1.54) is 84.1 Å². The minimum Gasteiger partial charge on any atom is -0.309 e. The van der Waals surface area contributed by atoms with Crippen molar-refractivity contribution in [3.63, 3.8) is 0 Å². The van der Waals surface area contributed by atoms with Crippen molar-refractivity contribution in [2.75, 3.05) is 0 Å². The van der Waals surface area contributed by atoms with Crippen molar-refractivity contribution in [2.24, 2.45) is 0 Å². The number of hydrogen-bond acceptors (Lipinski definition) is 8. The van der Waals surface area contributed by atoms with Gasteiger partial charge in [-0.2, -0.15) is 0 Å². The largest absolute Gasteiger partial charge is 0.309 e. The van der Waals surface area contributed by atoms with Crippen LogP contribution in [-0.4, -0.2) is 39.0 Å². The monoisotopic (exact) mass is 1770 g/mol. The lowest BCUT2D eigenvalue weighted by molar-refractivity contribution is 1.07. The van der Waals surface area contributed by atoms with Crippen LogP contribution in [-0.2, 0) is 0 Å². The van der Waals surface area contributed by atoms with Gasteiger partial charge in [0.25, 0.3) is 0 Å². The summed E-state index contributed by atoms with van der Waals surface area (Å²) < 4.78 is 10.1. The first-order chi connectivity index (χ1) is 67.4. The third kappa shape index (κ3) is 15.0. The molecule has 136 heavy (non-hydrogen) atoms. The molecule has 0 saturated heterocycles. The number of para-hydroxylation sites is 2. The summed E-state index contributed by atoms with van der Waals surface area (Å²) in [5, 5.41) is 10.0. The molecule has 0 bridgehead atoms. The molecule has 0 unspecified atom stereocenters. The van der Waals surface area contributed by atoms with E-state index in [0.717, 1.165) is 134 Å². The zero-order valence-corrected chi connectivity index (χ0v) is 75.2. The number of thiophene rings is 2. The van der Waals surface area contributed by atoms with Gasteiger partial charge in [-0.1, -0.05) is 406 Å². The van der Waals surface area contributed by atoms with Crippen molar-refractivity contribution < 1.29 is 0 Å². The second kappa shape index (κ2) is 34.6. The van der Waals surface area contributed by atoms with E-state index >= 15 is 0 Å². The first-order valence-electron chi connectivity index (χ1n) is 45.8. The van der Waals surface area contributed by atoms with Gasteiger partial charge in [0, 0.05) is 107 Å². The molecule has 0 aliphatic carbocycles. The predicted octanol–water partition coefficient (Wildman–Crippen LogP) is 34.0. The smallest absolute Gasteiger partial charge is 0.164 e. The molecule has 636 valence electrons. The quantitative estimate of drug-likeness (QED) is 0.0958. The predicted molar refractivity (Wildman–Crippen MR) is 570 cm³/mol. The van der Waals surface area contributed by atoms with Gasteiger partial charge in [-0.25, -0.2) is 29.9 Å². The first kappa shape index (κ1) is 80.5. The van der Waals surface area contributed by atoms with Gasteiger partial charge in [-0.15, -0.1) is 22.7 Å². The normalized spacial score (nSPS) is 11.5. The number of hydrogen-bond donors (Lipinski definition) is 0. The minimum atomic E-state index is 0.596.